The zero-order valence-electron chi connectivity index (χ0n) is 9.63. The number of rotatable bonds is 4. The minimum Gasteiger partial charge on any atom is -0.478 e. The summed E-state index contributed by atoms with van der Waals surface area (Å²) in [6, 6.07) is 3.84. The SMILES string of the molecule is Cc1nn(Cc2ccc(C=CC(=O)O)s2)cc1Cl. The number of aryl methyl sites for hydroxylation is 1. The van der Waals surface area contributed by atoms with Gasteiger partial charge in [0.2, 0.25) is 0 Å². The highest BCUT2D eigenvalue weighted by Crippen LogP contribution is 2.20. The molecule has 0 unspecified atom stereocenters. The van der Waals surface area contributed by atoms with Gasteiger partial charge in [-0.05, 0) is 25.1 Å². The van der Waals surface area contributed by atoms with E-state index >= 15 is 0 Å². The molecule has 0 saturated carbocycles. The fraction of sp³-hybridized carbons (Fsp3) is 0.167. The molecule has 0 fully saturated rings. The van der Waals surface area contributed by atoms with Crippen LogP contribution >= 0.6 is 22.9 Å². The van der Waals surface area contributed by atoms with Crippen molar-refractivity contribution in [2.45, 2.75) is 13.5 Å². The molecule has 0 radical (unpaired) electrons. The summed E-state index contributed by atoms with van der Waals surface area (Å²) >= 11 is 7.46. The third kappa shape index (κ3) is 3.21. The van der Waals surface area contributed by atoms with E-state index in [-0.39, 0.29) is 0 Å². The van der Waals surface area contributed by atoms with Gasteiger partial charge in [-0.3, -0.25) is 4.68 Å². The van der Waals surface area contributed by atoms with Gasteiger partial charge in [-0.15, -0.1) is 11.3 Å². The highest BCUT2D eigenvalue weighted by Gasteiger charge is 2.04. The van der Waals surface area contributed by atoms with Crippen LogP contribution in [0.5, 0.6) is 0 Å². The molecule has 94 valence electrons. The van der Waals surface area contributed by atoms with Gasteiger partial charge in [-0.1, -0.05) is 11.6 Å². The molecule has 2 aromatic heterocycles. The van der Waals surface area contributed by atoms with Gasteiger partial charge >= 0.3 is 5.97 Å². The predicted molar refractivity (Wildman–Crippen MR) is 72.1 cm³/mol. The Morgan fingerprint density at radius 3 is 3.00 bits per heavy atom. The van der Waals surface area contributed by atoms with Crippen LogP contribution in [0.25, 0.3) is 6.08 Å². The van der Waals surface area contributed by atoms with Crippen LogP contribution in [-0.4, -0.2) is 20.9 Å². The molecule has 0 saturated heterocycles. The van der Waals surface area contributed by atoms with E-state index in [1.165, 1.54) is 11.3 Å². The summed E-state index contributed by atoms with van der Waals surface area (Å²) in [5.41, 5.74) is 0.805. The van der Waals surface area contributed by atoms with Crippen molar-refractivity contribution in [2.24, 2.45) is 0 Å². The van der Waals surface area contributed by atoms with Crippen LogP contribution < -0.4 is 0 Å². The van der Waals surface area contributed by atoms with Gasteiger partial charge in [0, 0.05) is 22.0 Å². The molecular formula is C12H11ClN2O2S. The van der Waals surface area contributed by atoms with E-state index in [4.69, 9.17) is 16.7 Å². The molecular weight excluding hydrogens is 272 g/mol. The molecule has 0 amide bonds. The first-order valence-electron chi connectivity index (χ1n) is 5.24. The first-order chi connectivity index (χ1) is 8.54. The molecule has 0 aliphatic carbocycles. The number of hydrogen-bond acceptors (Lipinski definition) is 3. The van der Waals surface area contributed by atoms with Gasteiger partial charge in [0.05, 0.1) is 17.3 Å². The molecule has 0 atom stereocenters. The maximum Gasteiger partial charge on any atom is 0.328 e. The number of carboxylic acid groups (broad SMARTS) is 1. The Labute approximate surface area is 113 Å². The van der Waals surface area contributed by atoms with Gasteiger partial charge < -0.3 is 5.11 Å². The van der Waals surface area contributed by atoms with Crippen LogP contribution in [0.1, 0.15) is 15.4 Å². The monoisotopic (exact) mass is 282 g/mol. The predicted octanol–water partition coefficient (Wildman–Crippen LogP) is 3.05. The summed E-state index contributed by atoms with van der Waals surface area (Å²) < 4.78 is 1.77. The number of carboxylic acids is 1. The summed E-state index contributed by atoms with van der Waals surface area (Å²) in [6.45, 7) is 2.49. The van der Waals surface area contributed by atoms with Crippen molar-refractivity contribution in [1.29, 1.82) is 0 Å². The Hall–Kier alpha value is -1.59. The van der Waals surface area contributed by atoms with Crippen molar-refractivity contribution in [3.05, 3.63) is 44.9 Å². The number of aromatic nitrogens is 2. The third-order valence-electron chi connectivity index (χ3n) is 2.28. The van der Waals surface area contributed by atoms with Crippen LogP contribution in [0, 0.1) is 6.92 Å². The van der Waals surface area contributed by atoms with Crippen LogP contribution in [0.2, 0.25) is 5.02 Å². The lowest BCUT2D eigenvalue weighted by atomic mass is 10.4. The minimum absolute atomic E-state index is 0.638. The molecule has 0 aliphatic heterocycles. The van der Waals surface area contributed by atoms with Gasteiger partial charge in [0.25, 0.3) is 0 Å². The average molecular weight is 283 g/mol. The van der Waals surface area contributed by atoms with Crippen molar-refractivity contribution >= 4 is 35.0 Å². The van der Waals surface area contributed by atoms with E-state index in [2.05, 4.69) is 5.10 Å². The van der Waals surface area contributed by atoms with Crippen LogP contribution in [-0.2, 0) is 11.3 Å². The molecule has 2 aromatic rings. The number of aliphatic carboxylic acids is 1. The second-order valence-corrected chi connectivity index (χ2v) is 5.34. The van der Waals surface area contributed by atoms with Crippen molar-refractivity contribution in [3.63, 3.8) is 0 Å². The lowest BCUT2D eigenvalue weighted by molar-refractivity contribution is -0.131. The van der Waals surface area contributed by atoms with Gasteiger partial charge in [0.1, 0.15) is 0 Å². The Morgan fingerprint density at radius 1 is 1.61 bits per heavy atom. The summed E-state index contributed by atoms with van der Waals surface area (Å²) in [5.74, 6) is -0.945. The van der Waals surface area contributed by atoms with Gasteiger partial charge in [-0.2, -0.15) is 5.10 Å². The minimum atomic E-state index is -0.945. The van der Waals surface area contributed by atoms with E-state index in [9.17, 15) is 4.79 Å². The van der Waals surface area contributed by atoms with E-state index in [0.29, 0.717) is 11.6 Å². The van der Waals surface area contributed by atoms with Crippen LogP contribution in [0.4, 0.5) is 0 Å². The number of hydrogen-bond donors (Lipinski definition) is 1. The maximum absolute atomic E-state index is 10.4. The lowest BCUT2D eigenvalue weighted by Crippen LogP contribution is -1.98. The van der Waals surface area contributed by atoms with Crippen molar-refractivity contribution < 1.29 is 9.90 Å². The zero-order valence-corrected chi connectivity index (χ0v) is 11.2. The zero-order chi connectivity index (χ0) is 13.1. The summed E-state index contributed by atoms with van der Waals surface area (Å²) in [4.78, 5) is 12.4. The molecule has 2 rings (SSSR count). The fourth-order valence-corrected chi connectivity index (χ4v) is 2.51. The number of halogens is 1. The van der Waals surface area contributed by atoms with Gasteiger partial charge in [0.15, 0.2) is 0 Å². The van der Waals surface area contributed by atoms with Crippen LogP contribution in [0.15, 0.2) is 24.4 Å². The topological polar surface area (TPSA) is 55.1 Å². The Bertz CT molecular complexity index is 581. The first kappa shape index (κ1) is 12.9. The molecule has 0 spiro atoms. The highest BCUT2D eigenvalue weighted by molar-refractivity contribution is 7.12. The largest absolute Gasteiger partial charge is 0.478 e. The molecule has 4 nitrogen and oxygen atoms in total. The standard InChI is InChI=1S/C12H11ClN2O2S/c1-8-11(13)7-15(14-8)6-10-3-2-9(18-10)4-5-12(16)17/h2-5,7H,6H2,1H3,(H,16,17). The molecule has 18 heavy (non-hydrogen) atoms. The third-order valence-corrected chi connectivity index (χ3v) is 3.68. The summed E-state index contributed by atoms with van der Waals surface area (Å²) in [5, 5.41) is 13.5. The Balaban J connectivity index is 2.09. The summed E-state index contributed by atoms with van der Waals surface area (Å²) in [7, 11) is 0. The first-order valence-corrected chi connectivity index (χ1v) is 6.43. The molecule has 1 N–H and O–H groups in total. The second kappa shape index (κ2) is 5.37. The van der Waals surface area contributed by atoms with Crippen molar-refractivity contribution in [2.75, 3.05) is 0 Å². The average Bonchev–Trinajstić information content (AvgIpc) is 2.85. The normalized spacial score (nSPS) is 11.2. The smallest absolute Gasteiger partial charge is 0.328 e. The van der Waals surface area contributed by atoms with E-state index < -0.39 is 5.97 Å². The van der Waals surface area contributed by atoms with E-state index in [1.54, 1.807) is 17.0 Å². The molecule has 0 bridgehead atoms. The van der Waals surface area contributed by atoms with E-state index in [0.717, 1.165) is 21.5 Å². The van der Waals surface area contributed by atoms with Crippen molar-refractivity contribution in [1.82, 2.24) is 9.78 Å². The Kier molecular flexibility index (Phi) is 3.84. The number of nitrogens with zero attached hydrogens (tertiary/aromatic N) is 2. The van der Waals surface area contributed by atoms with Crippen LogP contribution in [0.3, 0.4) is 0 Å². The molecule has 6 heteroatoms. The maximum atomic E-state index is 10.4. The van der Waals surface area contributed by atoms with E-state index in [1.807, 2.05) is 19.1 Å². The second-order valence-electron chi connectivity index (χ2n) is 3.74. The molecule has 2 heterocycles. The summed E-state index contributed by atoms with van der Waals surface area (Å²) in [6.07, 6.45) is 4.49. The number of thiophene rings is 1. The Morgan fingerprint density at radius 2 is 2.39 bits per heavy atom. The number of carbonyl (C=O) groups is 1. The lowest BCUT2D eigenvalue weighted by Gasteiger charge is -1.96. The fourth-order valence-electron chi connectivity index (χ4n) is 1.46. The quantitative estimate of drug-likeness (QED) is 0.877. The molecule has 0 aliphatic rings. The van der Waals surface area contributed by atoms with Crippen molar-refractivity contribution in [3.8, 4) is 0 Å². The highest BCUT2D eigenvalue weighted by atomic mass is 35.5. The molecule has 0 aromatic carbocycles. The van der Waals surface area contributed by atoms with Gasteiger partial charge in [-0.25, -0.2) is 4.79 Å².